The molecule has 2 heterocycles. The summed E-state index contributed by atoms with van der Waals surface area (Å²) in [4.78, 5) is 1.45. The lowest BCUT2D eigenvalue weighted by atomic mass is 10.3. The lowest BCUT2D eigenvalue weighted by molar-refractivity contribution is 0.607. The van der Waals surface area contributed by atoms with Crippen molar-refractivity contribution in [2.75, 3.05) is 6.54 Å². The zero-order valence-electron chi connectivity index (χ0n) is 7.83. The van der Waals surface area contributed by atoms with Crippen LogP contribution in [0.2, 0.25) is 0 Å². The number of hydrogen-bond acceptors (Lipinski definition) is 3. The van der Waals surface area contributed by atoms with Gasteiger partial charge in [-0.05, 0) is 31.0 Å². The van der Waals surface area contributed by atoms with Gasteiger partial charge in [0.1, 0.15) is 0 Å². The molecular formula is C10H13NS2. The van der Waals surface area contributed by atoms with E-state index < -0.39 is 0 Å². The normalized spacial score (nSPS) is 13.7. The van der Waals surface area contributed by atoms with E-state index in [1.54, 1.807) is 0 Å². The standard InChI is InChI=1S/C10H13NS2/c1-3-11-7(2)9-6-10-8(13-9)4-5-12-10/h4-7,11H,3H2,1-2H3. The van der Waals surface area contributed by atoms with Crippen LogP contribution in [0.25, 0.3) is 9.40 Å². The molecule has 0 aromatic carbocycles. The first-order valence-electron chi connectivity index (χ1n) is 4.51. The first-order valence-corrected chi connectivity index (χ1v) is 6.21. The van der Waals surface area contributed by atoms with Crippen molar-refractivity contribution < 1.29 is 0 Å². The summed E-state index contributed by atoms with van der Waals surface area (Å²) in [6.45, 7) is 5.40. The monoisotopic (exact) mass is 211 g/mol. The summed E-state index contributed by atoms with van der Waals surface area (Å²) in [6.07, 6.45) is 0. The Hall–Kier alpha value is -0.380. The molecule has 3 heteroatoms. The summed E-state index contributed by atoms with van der Waals surface area (Å²) in [5.41, 5.74) is 0. The second-order valence-electron chi connectivity index (χ2n) is 3.08. The molecule has 0 saturated heterocycles. The zero-order valence-corrected chi connectivity index (χ0v) is 9.47. The molecule has 0 saturated carbocycles. The predicted octanol–water partition coefficient (Wildman–Crippen LogP) is 3.63. The molecular weight excluding hydrogens is 198 g/mol. The minimum atomic E-state index is 0.495. The van der Waals surface area contributed by atoms with Crippen molar-refractivity contribution in [3.8, 4) is 0 Å². The van der Waals surface area contributed by atoms with Crippen molar-refractivity contribution in [3.63, 3.8) is 0 Å². The Morgan fingerprint density at radius 2 is 2.31 bits per heavy atom. The van der Waals surface area contributed by atoms with E-state index in [4.69, 9.17) is 0 Å². The largest absolute Gasteiger partial charge is 0.310 e. The fourth-order valence-corrected chi connectivity index (χ4v) is 3.55. The van der Waals surface area contributed by atoms with Crippen LogP contribution in [0, 0.1) is 0 Å². The van der Waals surface area contributed by atoms with E-state index in [0.717, 1.165) is 6.54 Å². The average Bonchev–Trinajstić information content (AvgIpc) is 2.61. The number of rotatable bonds is 3. The van der Waals surface area contributed by atoms with E-state index in [1.807, 2.05) is 22.7 Å². The maximum Gasteiger partial charge on any atom is 0.0454 e. The van der Waals surface area contributed by atoms with Gasteiger partial charge >= 0.3 is 0 Å². The Balaban J connectivity index is 2.28. The maximum absolute atomic E-state index is 3.43. The van der Waals surface area contributed by atoms with Crippen LogP contribution in [0.4, 0.5) is 0 Å². The fraction of sp³-hybridized carbons (Fsp3) is 0.400. The minimum Gasteiger partial charge on any atom is -0.310 e. The smallest absolute Gasteiger partial charge is 0.0454 e. The highest BCUT2D eigenvalue weighted by Gasteiger charge is 2.08. The second kappa shape index (κ2) is 3.78. The van der Waals surface area contributed by atoms with Gasteiger partial charge in [-0.1, -0.05) is 6.92 Å². The highest BCUT2D eigenvalue weighted by atomic mass is 32.1. The third-order valence-electron chi connectivity index (χ3n) is 2.10. The maximum atomic E-state index is 3.43. The van der Waals surface area contributed by atoms with E-state index in [2.05, 4.69) is 36.7 Å². The van der Waals surface area contributed by atoms with Gasteiger partial charge in [-0.3, -0.25) is 0 Å². The second-order valence-corrected chi connectivity index (χ2v) is 5.14. The molecule has 1 N–H and O–H groups in total. The molecule has 1 nitrogen and oxygen atoms in total. The Morgan fingerprint density at radius 3 is 3.00 bits per heavy atom. The van der Waals surface area contributed by atoms with Crippen molar-refractivity contribution in [1.29, 1.82) is 0 Å². The van der Waals surface area contributed by atoms with Crippen LogP contribution < -0.4 is 5.32 Å². The fourth-order valence-electron chi connectivity index (χ4n) is 1.40. The number of thiophene rings is 2. The average molecular weight is 211 g/mol. The van der Waals surface area contributed by atoms with Gasteiger partial charge in [-0.15, -0.1) is 22.7 Å². The van der Waals surface area contributed by atoms with Crippen LogP contribution in [0.1, 0.15) is 24.8 Å². The van der Waals surface area contributed by atoms with E-state index in [-0.39, 0.29) is 0 Å². The summed E-state index contributed by atoms with van der Waals surface area (Å²) >= 11 is 3.73. The summed E-state index contributed by atoms with van der Waals surface area (Å²) < 4.78 is 2.84. The third kappa shape index (κ3) is 1.77. The van der Waals surface area contributed by atoms with E-state index in [0.29, 0.717) is 6.04 Å². The molecule has 0 fully saturated rings. The predicted molar refractivity (Wildman–Crippen MR) is 61.8 cm³/mol. The molecule has 2 rings (SSSR count). The molecule has 70 valence electrons. The number of hydrogen-bond donors (Lipinski definition) is 1. The van der Waals surface area contributed by atoms with Crippen molar-refractivity contribution in [2.24, 2.45) is 0 Å². The Labute approximate surface area is 86.4 Å². The van der Waals surface area contributed by atoms with Gasteiger partial charge in [0.15, 0.2) is 0 Å². The molecule has 0 aliphatic heterocycles. The van der Waals surface area contributed by atoms with Crippen LogP contribution in [-0.4, -0.2) is 6.54 Å². The number of nitrogens with one attached hydrogen (secondary N) is 1. The summed E-state index contributed by atoms with van der Waals surface area (Å²) in [6, 6.07) is 5.00. The highest BCUT2D eigenvalue weighted by molar-refractivity contribution is 7.26. The SMILES string of the molecule is CCNC(C)c1cc2sccc2s1. The molecule has 0 radical (unpaired) electrons. The summed E-state index contributed by atoms with van der Waals surface area (Å²) in [5.74, 6) is 0. The highest BCUT2D eigenvalue weighted by Crippen LogP contribution is 2.32. The van der Waals surface area contributed by atoms with E-state index in [9.17, 15) is 0 Å². The van der Waals surface area contributed by atoms with Gasteiger partial charge in [-0.2, -0.15) is 0 Å². The summed E-state index contributed by atoms with van der Waals surface area (Å²) in [7, 11) is 0. The Bertz CT molecular complexity index is 360. The molecule has 0 spiro atoms. The molecule has 0 bridgehead atoms. The van der Waals surface area contributed by atoms with Crippen molar-refractivity contribution >= 4 is 32.1 Å². The van der Waals surface area contributed by atoms with Gasteiger partial charge in [0.2, 0.25) is 0 Å². The van der Waals surface area contributed by atoms with Crippen LogP contribution in [0.3, 0.4) is 0 Å². The van der Waals surface area contributed by atoms with Gasteiger partial charge < -0.3 is 5.32 Å². The number of fused-ring (bicyclic) bond motifs is 1. The molecule has 1 unspecified atom stereocenters. The third-order valence-corrected chi connectivity index (χ3v) is 4.37. The van der Waals surface area contributed by atoms with Crippen molar-refractivity contribution in [2.45, 2.75) is 19.9 Å². The molecule has 2 aromatic rings. The van der Waals surface area contributed by atoms with Crippen LogP contribution >= 0.6 is 22.7 Å². The van der Waals surface area contributed by atoms with E-state index >= 15 is 0 Å². The molecule has 1 atom stereocenters. The Morgan fingerprint density at radius 1 is 1.46 bits per heavy atom. The van der Waals surface area contributed by atoms with Crippen molar-refractivity contribution in [1.82, 2.24) is 5.32 Å². The molecule has 2 aromatic heterocycles. The molecule has 0 aliphatic rings. The van der Waals surface area contributed by atoms with Crippen LogP contribution in [0.15, 0.2) is 17.5 Å². The zero-order chi connectivity index (χ0) is 9.26. The molecule has 0 amide bonds. The molecule has 13 heavy (non-hydrogen) atoms. The lowest BCUT2D eigenvalue weighted by Gasteiger charge is -2.08. The topological polar surface area (TPSA) is 12.0 Å². The minimum absolute atomic E-state index is 0.495. The van der Waals surface area contributed by atoms with Gasteiger partial charge in [0.05, 0.1) is 0 Å². The Kier molecular flexibility index (Phi) is 2.67. The lowest BCUT2D eigenvalue weighted by Crippen LogP contribution is -2.16. The first-order chi connectivity index (χ1) is 6.31. The van der Waals surface area contributed by atoms with Crippen LogP contribution in [-0.2, 0) is 0 Å². The quantitative estimate of drug-likeness (QED) is 0.817. The van der Waals surface area contributed by atoms with Crippen LogP contribution in [0.5, 0.6) is 0 Å². The van der Waals surface area contributed by atoms with Crippen molar-refractivity contribution in [3.05, 3.63) is 22.4 Å². The molecule has 0 aliphatic carbocycles. The summed E-state index contributed by atoms with van der Waals surface area (Å²) in [5, 5.41) is 5.58. The van der Waals surface area contributed by atoms with Gasteiger partial charge in [-0.25, -0.2) is 0 Å². The van der Waals surface area contributed by atoms with Gasteiger partial charge in [0, 0.05) is 20.3 Å². The van der Waals surface area contributed by atoms with E-state index in [1.165, 1.54) is 14.3 Å². The van der Waals surface area contributed by atoms with Gasteiger partial charge in [0.25, 0.3) is 0 Å². The first kappa shape index (κ1) is 9.19.